The average Bonchev–Trinajstić information content (AvgIpc) is 3.43. The summed E-state index contributed by atoms with van der Waals surface area (Å²) in [5.41, 5.74) is 3.49. The lowest BCUT2D eigenvalue weighted by atomic mass is 9.77. The predicted molar refractivity (Wildman–Crippen MR) is 168 cm³/mol. The molecule has 0 saturated heterocycles. The Bertz CT molecular complexity index is 1220. The summed E-state index contributed by atoms with van der Waals surface area (Å²) in [5.74, 6) is 3.16. The summed E-state index contributed by atoms with van der Waals surface area (Å²) in [5, 5.41) is 7.95. The van der Waals surface area contributed by atoms with E-state index in [1.807, 2.05) is 17.3 Å². The third kappa shape index (κ3) is 7.31. The second kappa shape index (κ2) is 14.2. The van der Waals surface area contributed by atoms with E-state index in [1.54, 1.807) is 11.3 Å². The highest BCUT2D eigenvalue weighted by Crippen LogP contribution is 2.39. The van der Waals surface area contributed by atoms with Gasteiger partial charge in [-0.2, -0.15) is 5.10 Å². The molecule has 214 valence electrons. The summed E-state index contributed by atoms with van der Waals surface area (Å²) < 4.78 is 7.65. The number of ether oxygens (including phenoxy) is 1. The zero-order valence-electron chi connectivity index (χ0n) is 24.3. The number of hydrogen-bond acceptors (Lipinski definition) is 6. The molecule has 0 aliphatic heterocycles. The van der Waals surface area contributed by atoms with Gasteiger partial charge in [-0.3, -0.25) is 0 Å². The number of rotatable bonds is 12. The Balaban J connectivity index is 1.36. The van der Waals surface area contributed by atoms with Crippen LogP contribution in [0.1, 0.15) is 102 Å². The number of nitrogens with zero attached hydrogens (tertiary/aromatic N) is 3. The van der Waals surface area contributed by atoms with Crippen molar-refractivity contribution in [3.63, 3.8) is 0 Å². The molecule has 5 rings (SSSR count). The van der Waals surface area contributed by atoms with Crippen LogP contribution in [0.5, 0.6) is 5.75 Å². The smallest absolute Gasteiger partial charge is 0.207 e. The molecule has 0 bridgehead atoms. The fourth-order valence-electron chi connectivity index (χ4n) is 6.46. The Morgan fingerprint density at radius 2 is 1.75 bits per heavy atom. The van der Waals surface area contributed by atoms with Crippen molar-refractivity contribution in [3.05, 3.63) is 53.6 Å². The van der Waals surface area contributed by atoms with Crippen LogP contribution in [0.3, 0.4) is 0 Å². The first kappa shape index (κ1) is 28.8. The standard InChI is InChI=1S/C34H45N3O2S/c1-3-7-25-14-16-28(17-15-25)29-18-19-32(39-24-27-12-10-26(23-38)11-13-27)30(21-29)22-35-37(20-4-2)34-36-31-8-5-6-9-33(31)40-34/h5-6,8-9,18-19,21-23,25-28H,3-4,7,10-17,20,24H2,1-2H3/b35-22+. The van der Waals surface area contributed by atoms with Crippen molar-refractivity contribution in [3.8, 4) is 5.75 Å². The van der Waals surface area contributed by atoms with Gasteiger partial charge in [-0.1, -0.05) is 56.2 Å². The number of aromatic nitrogens is 1. The summed E-state index contributed by atoms with van der Waals surface area (Å²) in [6, 6.07) is 15.1. The van der Waals surface area contributed by atoms with E-state index < -0.39 is 0 Å². The largest absolute Gasteiger partial charge is 0.493 e. The molecule has 0 N–H and O–H groups in total. The van der Waals surface area contributed by atoms with Gasteiger partial charge in [0.25, 0.3) is 0 Å². The Morgan fingerprint density at radius 1 is 0.975 bits per heavy atom. The van der Waals surface area contributed by atoms with Gasteiger partial charge in [0.15, 0.2) is 0 Å². The second-order valence-electron chi connectivity index (χ2n) is 11.9. The van der Waals surface area contributed by atoms with Crippen LogP contribution in [-0.4, -0.2) is 30.6 Å². The maximum Gasteiger partial charge on any atom is 0.207 e. The van der Waals surface area contributed by atoms with E-state index in [9.17, 15) is 4.79 Å². The normalized spacial score (nSPS) is 23.4. The topological polar surface area (TPSA) is 54.8 Å². The molecule has 1 heterocycles. The van der Waals surface area contributed by atoms with Crippen molar-refractivity contribution >= 4 is 39.2 Å². The number of thiazole rings is 1. The molecule has 2 aromatic carbocycles. The van der Waals surface area contributed by atoms with Gasteiger partial charge < -0.3 is 9.53 Å². The number of para-hydroxylation sites is 1. The highest BCUT2D eigenvalue weighted by molar-refractivity contribution is 7.22. The molecule has 2 aliphatic carbocycles. The summed E-state index contributed by atoms with van der Waals surface area (Å²) in [6.45, 7) is 6.00. The molecule has 5 nitrogen and oxygen atoms in total. The van der Waals surface area contributed by atoms with Crippen molar-refractivity contribution in [1.82, 2.24) is 4.98 Å². The van der Waals surface area contributed by atoms with Gasteiger partial charge in [0.1, 0.15) is 12.0 Å². The van der Waals surface area contributed by atoms with Crippen molar-refractivity contribution in [1.29, 1.82) is 0 Å². The molecule has 0 atom stereocenters. The third-order valence-electron chi connectivity index (χ3n) is 8.88. The van der Waals surface area contributed by atoms with Crippen LogP contribution >= 0.6 is 11.3 Å². The Kier molecular flexibility index (Phi) is 10.3. The first-order valence-electron chi connectivity index (χ1n) is 15.6. The maximum absolute atomic E-state index is 11.2. The fraction of sp³-hybridized carbons (Fsp3) is 0.559. The van der Waals surface area contributed by atoms with E-state index in [0.29, 0.717) is 18.4 Å². The van der Waals surface area contributed by atoms with Crippen molar-refractivity contribution in [2.75, 3.05) is 18.2 Å². The van der Waals surface area contributed by atoms with Crippen LogP contribution in [0.4, 0.5) is 5.13 Å². The zero-order valence-corrected chi connectivity index (χ0v) is 25.1. The molecule has 40 heavy (non-hydrogen) atoms. The molecule has 3 aromatic rings. The van der Waals surface area contributed by atoms with Gasteiger partial charge in [0.2, 0.25) is 5.13 Å². The van der Waals surface area contributed by atoms with Crippen LogP contribution in [0.2, 0.25) is 0 Å². The predicted octanol–water partition coefficient (Wildman–Crippen LogP) is 9.00. The lowest BCUT2D eigenvalue weighted by Crippen LogP contribution is -2.21. The molecule has 2 fully saturated rings. The quantitative estimate of drug-likeness (QED) is 0.126. The number of carbonyl (C=O) groups is 1. The minimum atomic E-state index is 0.234. The summed E-state index contributed by atoms with van der Waals surface area (Å²) >= 11 is 1.69. The zero-order chi connectivity index (χ0) is 27.7. The maximum atomic E-state index is 11.2. The Hall–Kier alpha value is -2.73. The lowest BCUT2D eigenvalue weighted by Gasteiger charge is -2.29. The molecule has 1 aromatic heterocycles. The van der Waals surface area contributed by atoms with E-state index in [1.165, 1.54) is 48.8 Å². The van der Waals surface area contributed by atoms with Crippen LogP contribution in [0, 0.1) is 17.8 Å². The van der Waals surface area contributed by atoms with E-state index in [4.69, 9.17) is 14.8 Å². The van der Waals surface area contributed by atoms with Crippen LogP contribution in [0.15, 0.2) is 47.6 Å². The highest BCUT2D eigenvalue weighted by Gasteiger charge is 2.24. The van der Waals surface area contributed by atoms with Gasteiger partial charge >= 0.3 is 0 Å². The molecule has 0 spiro atoms. The van der Waals surface area contributed by atoms with Crippen molar-refractivity contribution in [2.45, 2.75) is 90.4 Å². The summed E-state index contributed by atoms with van der Waals surface area (Å²) in [4.78, 5) is 16.0. The molecule has 0 amide bonds. The third-order valence-corrected chi connectivity index (χ3v) is 9.93. The molecule has 6 heteroatoms. The monoisotopic (exact) mass is 559 g/mol. The number of hydrazone groups is 1. The lowest BCUT2D eigenvalue weighted by molar-refractivity contribution is -0.112. The van der Waals surface area contributed by atoms with E-state index >= 15 is 0 Å². The van der Waals surface area contributed by atoms with Gasteiger partial charge in [0, 0.05) is 18.0 Å². The molecule has 0 unspecified atom stereocenters. The summed E-state index contributed by atoms with van der Waals surface area (Å²) in [7, 11) is 0. The Labute approximate surface area is 244 Å². The number of aldehydes is 1. The van der Waals surface area contributed by atoms with Crippen molar-refractivity contribution < 1.29 is 9.53 Å². The van der Waals surface area contributed by atoms with Gasteiger partial charge in [-0.15, -0.1) is 0 Å². The second-order valence-corrected chi connectivity index (χ2v) is 12.9. The molecular weight excluding hydrogens is 514 g/mol. The minimum Gasteiger partial charge on any atom is -0.493 e. The first-order chi connectivity index (χ1) is 19.7. The van der Waals surface area contributed by atoms with Gasteiger partial charge in [-0.05, 0) is 105 Å². The molecular formula is C34H45N3O2S. The molecule has 2 saturated carbocycles. The number of benzene rings is 2. The Morgan fingerprint density at radius 3 is 2.48 bits per heavy atom. The first-order valence-corrected chi connectivity index (χ1v) is 16.4. The summed E-state index contributed by atoms with van der Waals surface area (Å²) in [6.07, 6.45) is 16.1. The minimum absolute atomic E-state index is 0.234. The van der Waals surface area contributed by atoms with Crippen LogP contribution in [-0.2, 0) is 4.79 Å². The number of anilines is 1. The number of carbonyl (C=O) groups excluding carboxylic acids is 1. The average molecular weight is 560 g/mol. The van der Waals surface area contributed by atoms with Gasteiger partial charge in [-0.25, -0.2) is 9.99 Å². The van der Waals surface area contributed by atoms with Crippen molar-refractivity contribution in [2.24, 2.45) is 22.9 Å². The van der Waals surface area contributed by atoms with E-state index in [0.717, 1.165) is 72.8 Å². The van der Waals surface area contributed by atoms with E-state index in [2.05, 4.69) is 50.2 Å². The molecule has 2 aliphatic rings. The van der Waals surface area contributed by atoms with Crippen LogP contribution < -0.4 is 9.75 Å². The van der Waals surface area contributed by atoms with Crippen LogP contribution in [0.25, 0.3) is 10.2 Å². The highest BCUT2D eigenvalue weighted by atomic mass is 32.1. The number of fused-ring (bicyclic) bond motifs is 1. The van der Waals surface area contributed by atoms with Gasteiger partial charge in [0.05, 0.1) is 23.0 Å². The molecule has 0 radical (unpaired) electrons. The van der Waals surface area contributed by atoms with E-state index in [-0.39, 0.29) is 5.92 Å². The fourth-order valence-corrected chi connectivity index (χ4v) is 7.41. The number of hydrogen-bond donors (Lipinski definition) is 0. The SMILES string of the molecule is CCCC1CCC(c2ccc(OCC3CCC(C=O)CC3)c(/C=N/N(CCC)c3nc4ccccc4s3)c2)CC1.